The van der Waals surface area contributed by atoms with Crippen LogP contribution in [0.5, 0.6) is 0 Å². The van der Waals surface area contributed by atoms with E-state index in [4.69, 9.17) is 15.2 Å². The fourth-order valence-electron chi connectivity index (χ4n) is 6.19. The highest BCUT2D eigenvalue weighted by atomic mass is 16.7. The normalized spacial score (nSPS) is 12.2. The minimum Gasteiger partial charge on any atom is -0.351 e. The first-order valence-electron chi connectivity index (χ1n) is 16.7. The van der Waals surface area contributed by atoms with Gasteiger partial charge in [0.1, 0.15) is 5.54 Å². The molecule has 0 bridgehead atoms. The lowest BCUT2D eigenvalue weighted by molar-refractivity contribution is -0.160. The van der Waals surface area contributed by atoms with E-state index in [-0.39, 0.29) is 31.2 Å². The molecule has 7 nitrogen and oxygen atoms in total. The number of benzene rings is 5. The molecule has 5 rings (SSSR count). The average Bonchev–Trinajstić information content (AvgIpc) is 3.13. The van der Waals surface area contributed by atoms with Crippen molar-refractivity contribution in [2.75, 3.05) is 19.8 Å². The van der Waals surface area contributed by atoms with E-state index >= 15 is 0 Å². The van der Waals surface area contributed by atoms with Crippen LogP contribution in [0.25, 0.3) is 10.8 Å². The van der Waals surface area contributed by atoms with Crippen molar-refractivity contribution in [3.05, 3.63) is 156 Å². The number of fused-ring (bicyclic) bond motifs is 1. The first-order chi connectivity index (χ1) is 23.4. The molecule has 0 fully saturated rings. The van der Waals surface area contributed by atoms with Gasteiger partial charge in [-0.25, -0.2) is 0 Å². The predicted molar refractivity (Wildman–Crippen MR) is 191 cm³/mol. The van der Waals surface area contributed by atoms with E-state index in [1.807, 2.05) is 123 Å². The molecule has 0 spiro atoms. The van der Waals surface area contributed by atoms with Crippen molar-refractivity contribution in [1.29, 1.82) is 0 Å². The van der Waals surface area contributed by atoms with Gasteiger partial charge in [0, 0.05) is 26.2 Å². The summed E-state index contributed by atoms with van der Waals surface area (Å²) in [7, 11) is 0. The van der Waals surface area contributed by atoms with E-state index in [9.17, 15) is 9.59 Å². The van der Waals surface area contributed by atoms with Gasteiger partial charge < -0.3 is 25.4 Å². The second-order valence-electron chi connectivity index (χ2n) is 11.8. The zero-order valence-electron chi connectivity index (χ0n) is 27.8. The third-order valence-corrected chi connectivity index (χ3v) is 8.52. The molecule has 5 aromatic rings. The lowest BCUT2D eigenvalue weighted by atomic mass is 9.77. The van der Waals surface area contributed by atoms with Gasteiger partial charge in [-0.3, -0.25) is 9.59 Å². The summed E-state index contributed by atoms with van der Waals surface area (Å²) in [4.78, 5) is 29.6. The third-order valence-electron chi connectivity index (χ3n) is 8.52. The maximum absolute atomic E-state index is 14.0. The third kappa shape index (κ3) is 8.36. The number of nitrogens with one attached hydrogen (secondary N) is 1. The first kappa shape index (κ1) is 34.5. The van der Waals surface area contributed by atoms with E-state index in [1.54, 1.807) is 4.90 Å². The van der Waals surface area contributed by atoms with Crippen LogP contribution in [0.15, 0.2) is 133 Å². The van der Waals surface area contributed by atoms with Crippen LogP contribution in [-0.4, -0.2) is 48.8 Å². The van der Waals surface area contributed by atoms with Crippen molar-refractivity contribution < 1.29 is 19.1 Å². The lowest BCUT2D eigenvalue weighted by Gasteiger charge is -2.37. The number of rotatable bonds is 16. The minimum absolute atomic E-state index is 0.0608. The number of carbonyl (C=O) groups is 2. The summed E-state index contributed by atoms with van der Waals surface area (Å²) in [5.41, 5.74) is 9.38. The standard InChI is InChI=1S/C41H45N3O4/c1-3-47-39(48-4-2)30-44(29-31-24-25-32-16-14-15-17-33(32)28-31)40(46)37(42)26-27-38(45)43-41(34-18-8-5-9-19-34,35-20-10-6-11-21-35)36-22-12-7-13-23-36/h5-25,28,37,39H,3-4,26-27,29-30,42H2,1-2H3,(H,43,45)/t37-/m0/s1. The van der Waals surface area contributed by atoms with E-state index in [0.717, 1.165) is 33.0 Å². The fraction of sp³-hybridized carbons (Fsp3) is 0.268. The Hall–Kier alpha value is -4.82. The number of carbonyl (C=O) groups excluding carboxylic acids is 2. The molecule has 0 radical (unpaired) electrons. The number of amides is 2. The molecule has 248 valence electrons. The van der Waals surface area contributed by atoms with Crippen molar-refractivity contribution >= 4 is 22.6 Å². The van der Waals surface area contributed by atoms with E-state index in [2.05, 4.69) is 29.6 Å². The van der Waals surface area contributed by atoms with Gasteiger partial charge in [-0.2, -0.15) is 0 Å². The summed E-state index contributed by atoms with van der Waals surface area (Å²) < 4.78 is 11.6. The van der Waals surface area contributed by atoms with Gasteiger partial charge in [-0.1, -0.05) is 127 Å². The van der Waals surface area contributed by atoms with Crippen LogP contribution >= 0.6 is 0 Å². The topological polar surface area (TPSA) is 93.9 Å². The molecule has 0 saturated heterocycles. The van der Waals surface area contributed by atoms with E-state index in [1.165, 1.54) is 0 Å². The maximum atomic E-state index is 14.0. The van der Waals surface area contributed by atoms with Crippen LogP contribution in [0.2, 0.25) is 0 Å². The quantitative estimate of drug-likeness (QED) is 0.0913. The van der Waals surface area contributed by atoms with Crippen LogP contribution in [0.3, 0.4) is 0 Å². The Kier molecular flexibility index (Phi) is 12.1. The zero-order valence-corrected chi connectivity index (χ0v) is 27.8. The van der Waals surface area contributed by atoms with Crippen LogP contribution in [-0.2, 0) is 31.1 Å². The van der Waals surface area contributed by atoms with Crippen molar-refractivity contribution in [3.8, 4) is 0 Å². The molecule has 7 heteroatoms. The average molecular weight is 644 g/mol. The molecule has 0 aromatic heterocycles. The number of nitrogens with zero attached hydrogens (tertiary/aromatic N) is 1. The first-order valence-corrected chi connectivity index (χ1v) is 16.7. The van der Waals surface area contributed by atoms with Crippen molar-refractivity contribution in [1.82, 2.24) is 10.2 Å². The Labute approximate surface area is 283 Å². The van der Waals surface area contributed by atoms with Gasteiger partial charge in [-0.05, 0) is 59.4 Å². The zero-order chi connectivity index (χ0) is 33.8. The summed E-state index contributed by atoms with van der Waals surface area (Å²) >= 11 is 0. The van der Waals surface area contributed by atoms with Crippen LogP contribution in [0.1, 0.15) is 48.9 Å². The molecule has 5 aromatic carbocycles. The molecule has 0 saturated carbocycles. The van der Waals surface area contributed by atoms with Crippen LogP contribution in [0.4, 0.5) is 0 Å². The molecule has 0 unspecified atom stereocenters. The Morgan fingerprint density at radius 2 is 1.21 bits per heavy atom. The van der Waals surface area contributed by atoms with Gasteiger partial charge in [0.15, 0.2) is 6.29 Å². The van der Waals surface area contributed by atoms with Gasteiger partial charge in [0.25, 0.3) is 0 Å². The Bertz CT molecular complexity index is 1650. The Morgan fingerprint density at radius 3 is 1.73 bits per heavy atom. The number of nitrogens with two attached hydrogens (primary N) is 1. The summed E-state index contributed by atoms with van der Waals surface area (Å²) in [5.74, 6) is -0.474. The van der Waals surface area contributed by atoms with Gasteiger partial charge >= 0.3 is 0 Å². The van der Waals surface area contributed by atoms with Gasteiger partial charge in [0.05, 0.1) is 12.6 Å². The highest BCUT2D eigenvalue weighted by Gasteiger charge is 2.38. The molecular weight excluding hydrogens is 598 g/mol. The molecule has 3 N–H and O–H groups in total. The summed E-state index contributed by atoms with van der Waals surface area (Å²) in [6.07, 6.45) is -0.366. The highest BCUT2D eigenvalue weighted by Crippen LogP contribution is 2.37. The number of hydrogen-bond donors (Lipinski definition) is 2. The van der Waals surface area contributed by atoms with E-state index < -0.39 is 17.9 Å². The van der Waals surface area contributed by atoms with Gasteiger partial charge in [0.2, 0.25) is 11.8 Å². The summed E-state index contributed by atoms with van der Waals surface area (Å²) in [5, 5.41) is 5.58. The smallest absolute Gasteiger partial charge is 0.239 e. The molecular formula is C41H45N3O4. The maximum Gasteiger partial charge on any atom is 0.239 e. The Balaban J connectivity index is 1.37. The summed E-state index contributed by atoms with van der Waals surface area (Å²) in [6.45, 7) is 5.23. The second-order valence-corrected chi connectivity index (χ2v) is 11.8. The van der Waals surface area contributed by atoms with Crippen LogP contribution < -0.4 is 11.1 Å². The predicted octanol–water partition coefficient (Wildman–Crippen LogP) is 6.78. The molecule has 0 aliphatic rings. The molecule has 0 aliphatic heterocycles. The number of hydrogen-bond acceptors (Lipinski definition) is 5. The van der Waals surface area contributed by atoms with Gasteiger partial charge in [-0.15, -0.1) is 0 Å². The highest BCUT2D eigenvalue weighted by molar-refractivity contribution is 5.85. The van der Waals surface area contributed by atoms with Crippen molar-refractivity contribution in [2.45, 2.75) is 51.1 Å². The fourth-order valence-corrected chi connectivity index (χ4v) is 6.19. The SMILES string of the molecule is CCOC(CN(Cc1ccc2ccccc2c1)C(=O)[C@@H](N)CCC(=O)NC(c1ccccc1)(c1ccccc1)c1ccccc1)OCC. The van der Waals surface area contributed by atoms with E-state index in [0.29, 0.717) is 19.8 Å². The molecule has 0 heterocycles. The van der Waals surface area contributed by atoms with Crippen molar-refractivity contribution in [3.63, 3.8) is 0 Å². The van der Waals surface area contributed by atoms with Crippen molar-refractivity contribution in [2.24, 2.45) is 5.73 Å². The molecule has 0 aliphatic carbocycles. The minimum atomic E-state index is -0.945. The monoisotopic (exact) mass is 643 g/mol. The molecule has 1 atom stereocenters. The largest absolute Gasteiger partial charge is 0.351 e. The van der Waals surface area contributed by atoms with Crippen LogP contribution in [0, 0.1) is 0 Å². The summed E-state index contributed by atoms with van der Waals surface area (Å²) in [6, 6.07) is 43.2. The Morgan fingerprint density at radius 1 is 0.708 bits per heavy atom. The molecule has 2 amide bonds. The molecule has 48 heavy (non-hydrogen) atoms. The lowest BCUT2D eigenvalue weighted by Crippen LogP contribution is -2.49. The number of ether oxygens (including phenoxy) is 2. The second kappa shape index (κ2) is 16.8.